The maximum absolute atomic E-state index is 11.6. The van der Waals surface area contributed by atoms with E-state index in [2.05, 4.69) is 5.32 Å². The molecular weight excluding hydrogens is 180 g/mol. The lowest BCUT2D eigenvalue weighted by Gasteiger charge is -2.32. The highest BCUT2D eigenvalue weighted by atomic mass is 16.2. The van der Waals surface area contributed by atoms with E-state index < -0.39 is 0 Å². The van der Waals surface area contributed by atoms with Crippen molar-refractivity contribution in [3.63, 3.8) is 0 Å². The van der Waals surface area contributed by atoms with Crippen molar-refractivity contribution in [1.29, 1.82) is 0 Å². The van der Waals surface area contributed by atoms with Crippen molar-refractivity contribution in [1.82, 2.24) is 10.2 Å². The highest BCUT2D eigenvalue weighted by molar-refractivity contribution is 5.95. The van der Waals surface area contributed by atoms with E-state index in [4.69, 9.17) is 0 Å². The maximum Gasteiger partial charge on any atom is 0.243 e. The zero-order valence-corrected chi connectivity index (χ0v) is 8.19. The second kappa shape index (κ2) is 3.44. The molecule has 0 aliphatic carbocycles. The van der Waals surface area contributed by atoms with E-state index in [0.29, 0.717) is 0 Å². The highest BCUT2D eigenvalue weighted by Crippen LogP contribution is 2.26. The normalized spacial score (nSPS) is 32.2. The second-order valence-electron chi connectivity index (χ2n) is 3.71. The van der Waals surface area contributed by atoms with Crippen LogP contribution in [0.15, 0.2) is 12.2 Å². The van der Waals surface area contributed by atoms with E-state index in [1.807, 2.05) is 19.1 Å². The summed E-state index contributed by atoms with van der Waals surface area (Å²) in [6, 6.07) is -0.0963. The van der Waals surface area contributed by atoms with Crippen LogP contribution in [-0.4, -0.2) is 35.3 Å². The molecular formula is C10H14N2O2. The number of piperazine rings is 1. The van der Waals surface area contributed by atoms with Crippen LogP contribution >= 0.6 is 0 Å². The summed E-state index contributed by atoms with van der Waals surface area (Å²) in [5.74, 6) is 0.0341. The summed E-state index contributed by atoms with van der Waals surface area (Å²) < 4.78 is 0. The van der Waals surface area contributed by atoms with Gasteiger partial charge >= 0.3 is 0 Å². The lowest BCUT2D eigenvalue weighted by Crippen LogP contribution is -2.57. The van der Waals surface area contributed by atoms with Gasteiger partial charge in [-0.1, -0.05) is 12.2 Å². The van der Waals surface area contributed by atoms with Gasteiger partial charge < -0.3 is 10.2 Å². The molecule has 4 heteroatoms. The van der Waals surface area contributed by atoms with Gasteiger partial charge in [0.2, 0.25) is 11.8 Å². The Morgan fingerprint density at radius 3 is 2.93 bits per heavy atom. The van der Waals surface area contributed by atoms with Gasteiger partial charge in [0.15, 0.2) is 0 Å². The second-order valence-corrected chi connectivity index (χ2v) is 3.71. The first-order valence-electron chi connectivity index (χ1n) is 4.95. The molecule has 2 fully saturated rings. The van der Waals surface area contributed by atoms with Crippen molar-refractivity contribution < 1.29 is 9.59 Å². The Bertz CT molecular complexity index is 298. The van der Waals surface area contributed by atoms with Gasteiger partial charge in [0.25, 0.3) is 0 Å². The summed E-state index contributed by atoms with van der Waals surface area (Å²) in [6.45, 7) is 2.09. The lowest BCUT2D eigenvalue weighted by molar-refractivity contribution is -0.144. The Labute approximate surface area is 83.0 Å². The van der Waals surface area contributed by atoms with Crippen LogP contribution < -0.4 is 5.32 Å². The van der Waals surface area contributed by atoms with Crippen LogP contribution in [0.3, 0.4) is 0 Å². The van der Waals surface area contributed by atoms with E-state index in [-0.39, 0.29) is 30.4 Å². The van der Waals surface area contributed by atoms with Gasteiger partial charge in [-0.25, -0.2) is 0 Å². The smallest absolute Gasteiger partial charge is 0.243 e. The fourth-order valence-corrected chi connectivity index (χ4v) is 2.24. The van der Waals surface area contributed by atoms with Crippen molar-refractivity contribution in [2.45, 2.75) is 31.8 Å². The molecule has 0 spiro atoms. The zero-order valence-electron chi connectivity index (χ0n) is 8.19. The van der Waals surface area contributed by atoms with Crippen molar-refractivity contribution in [2.24, 2.45) is 0 Å². The van der Waals surface area contributed by atoms with Crippen molar-refractivity contribution in [3.8, 4) is 0 Å². The summed E-state index contributed by atoms with van der Waals surface area (Å²) in [5, 5.41) is 2.61. The Hall–Kier alpha value is -1.32. The first-order chi connectivity index (χ1) is 6.74. The third kappa shape index (κ3) is 1.31. The van der Waals surface area contributed by atoms with Crippen LogP contribution in [0.2, 0.25) is 0 Å². The van der Waals surface area contributed by atoms with Crippen LogP contribution in [-0.2, 0) is 9.59 Å². The molecule has 2 rings (SSSR count). The van der Waals surface area contributed by atoms with E-state index in [0.717, 1.165) is 12.8 Å². The van der Waals surface area contributed by atoms with Crippen LogP contribution in [0.25, 0.3) is 0 Å². The fraction of sp³-hybridized carbons (Fsp3) is 0.600. The Morgan fingerprint density at radius 2 is 2.21 bits per heavy atom. The van der Waals surface area contributed by atoms with Crippen LogP contribution in [0, 0.1) is 0 Å². The Morgan fingerprint density at radius 1 is 1.43 bits per heavy atom. The number of rotatable bonds is 1. The van der Waals surface area contributed by atoms with Crippen LogP contribution in [0.5, 0.6) is 0 Å². The number of fused-ring (bicyclic) bond motifs is 1. The topological polar surface area (TPSA) is 49.4 Å². The number of carbonyl (C=O) groups is 2. The molecule has 1 N–H and O–H groups in total. The molecule has 0 aromatic heterocycles. The minimum atomic E-state index is -0.225. The van der Waals surface area contributed by atoms with E-state index in [9.17, 15) is 9.59 Å². The third-order valence-electron chi connectivity index (χ3n) is 2.85. The third-order valence-corrected chi connectivity index (χ3v) is 2.85. The summed E-state index contributed by atoms with van der Waals surface area (Å²) in [4.78, 5) is 24.7. The van der Waals surface area contributed by atoms with Crippen LogP contribution in [0.1, 0.15) is 19.8 Å². The SMILES string of the molecule is C/C=C/[C@@H]1CC[C@H]2C(=O)NCC(=O)N12. The molecule has 0 saturated carbocycles. The molecule has 14 heavy (non-hydrogen) atoms. The van der Waals surface area contributed by atoms with Gasteiger partial charge in [0.05, 0.1) is 12.6 Å². The van der Waals surface area contributed by atoms with Crippen molar-refractivity contribution >= 4 is 11.8 Å². The first kappa shape index (κ1) is 9.24. The minimum absolute atomic E-state index is 0.00315. The van der Waals surface area contributed by atoms with Gasteiger partial charge in [-0.05, 0) is 19.8 Å². The molecule has 0 aromatic rings. The standard InChI is InChI=1S/C10H14N2O2/c1-2-3-7-4-5-8-10(14)11-6-9(13)12(7)8/h2-3,7-8H,4-6H2,1H3,(H,11,14)/b3-2+/t7-,8+/m1/s1. The molecule has 2 heterocycles. The fourth-order valence-electron chi connectivity index (χ4n) is 2.24. The molecule has 0 unspecified atom stereocenters. The quantitative estimate of drug-likeness (QED) is 0.600. The molecule has 2 aliphatic rings. The maximum atomic E-state index is 11.6. The lowest BCUT2D eigenvalue weighted by atomic mass is 10.2. The molecule has 2 atom stereocenters. The summed E-state index contributed by atoms with van der Waals surface area (Å²) in [6.07, 6.45) is 5.62. The Balaban J connectivity index is 2.21. The number of nitrogens with one attached hydrogen (secondary N) is 1. The predicted octanol–water partition coefficient (Wildman–Crippen LogP) is 0.0519. The summed E-state index contributed by atoms with van der Waals surface area (Å²) >= 11 is 0. The highest BCUT2D eigenvalue weighted by Gasteiger charge is 2.42. The molecule has 2 aliphatic heterocycles. The first-order valence-corrected chi connectivity index (χ1v) is 4.95. The van der Waals surface area contributed by atoms with Gasteiger partial charge in [-0.2, -0.15) is 0 Å². The zero-order chi connectivity index (χ0) is 10.1. The number of nitrogens with zero attached hydrogens (tertiary/aromatic N) is 1. The molecule has 0 radical (unpaired) electrons. The largest absolute Gasteiger partial charge is 0.345 e. The number of allylic oxidation sites excluding steroid dienone is 1. The molecule has 0 bridgehead atoms. The number of carbonyl (C=O) groups excluding carboxylic acids is 2. The number of amides is 2. The van der Waals surface area contributed by atoms with E-state index in [1.54, 1.807) is 4.90 Å². The van der Waals surface area contributed by atoms with E-state index >= 15 is 0 Å². The van der Waals surface area contributed by atoms with Crippen molar-refractivity contribution in [2.75, 3.05) is 6.54 Å². The average molecular weight is 194 g/mol. The molecule has 76 valence electrons. The molecule has 2 amide bonds. The van der Waals surface area contributed by atoms with Gasteiger partial charge in [0, 0.05) is 0 Å². The summed E-state index contributed by atoms with van der Waals surface area (Å²) in [7, 11) is 0. The predicted molar refractivity (Wildman–Crippen MR) is 51.5 cm³/mol. The van der Waals surface area contributed by atoms with Crippen LogP contribution in [0.4, 0.5) is 0 Å². The van der Waals surface area contributed by atoms with Gasteiger partial charge in [-0.3, -0.25) is 9.59 Å². The summed E-state index contributed by atoms with van der Waals surface area (Å²) in [5.41, 5.74) is 0. The molecule has 4 nitrogen and oxygen atoms in total. The number of hydrogen-bond donors (Lipinski definition) is 1. The van der Waals surface area contributed by atoms with Gasteiger partial charge in [-0.15, -0.1) is 0 Å². The Kier molecular flexibility index (Phi) is 2.27. The van der Waals surface area contributed by atoms with Crippen molar-refractivity contribution in [3.05, 3.63) is 12.2 Å². The van der Waals surface area contributed by atoms with E-state index in [1.165, 1.54) is 0 Å². The molecule has 0 aromatic carbocycles. The minimum Gasteiger partial charge on any atom is -0.345 e. The molecule has 2 saturated heterocycles. The van der Waals surface area contributed by atoms with Gasteiger partial charge in [0.1, 0.15) is 6.04 Å². The monoisotopic (exact) mass is 194 g/mol. The number of hydrogen-bond acceptors (Lipinski definition) is 2. The average Bonchev–Trinajstić information content (AvgIpc) is 2.58.